The Morgan fingerprint density at radius 1 is 1.45 bits per heavy atom. The third-order valence-electron chi connectivity index (χ3n) is 3.81. The molecule has 5 nitrogen and oxygen atoms in total. The number of hydrogen-bond donors (Lipinski definition) is 2. The molecule has 1 aliphatic carbocycles. The van der Waals surface area contributed by atoms with Crippen LogP contribution >= 0.6 is 11.6 Å². The van der Waals surface area contributed by atoms with E-state index in [0.717, 1.165) is 19.3 Å². The van der Waals surface area contributed by atoms with Gasteiger partial charge in [0.15, 0.2) is 0 Å². The largest absolute Gasteiger partial charge is 0.465 e. The molecule has 1 saturated carbocycles. The molecule has 1 aliphatic rings. The molecule has 0 bridgehead atoms. The maximum Gasteiger partial charge on any atom is 0.339 e. The number of benzene rings is 1. The third-order valence-corrected chi connectivity index (χ3v) is 4.14. The molecular formula is C14H17ClN2O3. The van der Waals surface area contributed by atoms with Gasteiger partial charge in [-0.25, -0.2) is 4.79 Å². The molecule has 6 heteroatoms. The fraction of sp³-hybridized carbons (Fsp3) is 0.429. The molecule has 0 aromatic heterocycles. The summed E-state index contributed by atoms with van der Waals surface area (Å²) in [5.74, 6) is -0.646. The second kappa shape index (κ2) is 5.81. The maximum absolute atomic E-state index is 12.2. The zero-order valence-corrected chi connectivity index (χ0v) is 12.0. The first-order valence-electron chi connectivity index (χ1n) is 6.42. The number of amides is 1. The Bertz CT molecular complexity index is 536. The van der Waals surface area contributed by atoms with Crippen molar-refractivity contribution in [1.29, 1.82) is 0 Å². The summed E-state index contributed by atoms with van der Waals surface area (Å²) < 4.78 is 4.64. The van der Waals surface area contributed by atoms with E-state index in [1.165, 1.54) is 13.2 Å². The highest BCUT2D eigenvalue weighted by atomic mass is 35.5. The van der Waals surface area contributed by atoms with Crippen molar-refractivity contribution >= 4 is 29.2 Å². The van der Waals surface area contributed by atoms with E-state index < -0.39 is 11.4 Å². The lowest BCUT2D eigenvalue weighted by Gasteiger charge is -2.39. The van der Waals surface area contributed by atoms with E-state index in [0.29, 0.717) is 12.2 Å². The van der Waals surface area contributed by atoms with Gasteiger partial charge in [-0.3, -0.25) is 4.79 Å². The number of nitrogens with one attached hydrogen (secondary N) is 1. The molecule has 0 atom stereocenters. The summed E-state index contributed by atoms with van der Waals surface area (Å²) in [6, 6.07) is 4.71. The van der Waals surface area contributed by atoms with Crippen LogP contribution in [0.2, 0.25) is 5.02 Å². The zero-order valence-electron chi connectivity index (χ0n) is 11.2. The number of anilines is 1. The lowest BCUT2D eigenvalue weighted by Crippen LogP contribution is -2.47. The maximum atomic E-state index is 12.2. The summed E-state index contributed by atoms with van der Waals surface area (Å²) in [4.78, 5) is 23.8. The summed E-state index contributed by atoms with van der Waals surface area (Å²) in [7, 11) is 1.28. The van der Waals surface area contributed by atoms with Crippen LogP contribution in [0.5, 0.6) is 0 Å². The molecule has 1 aromatic rings. The Labute approximate surface area is 122 Å². The lowest BCUT2D eigenvalue weighted by molar-refractivity contribution is -0.129. The molecule has 108 valence electrons. The number of halogens is 1. The molecule has 0 heterocycles. The van der Waals surface area contributed by atoms with Gasteiger partial charge in [-0.05, 0) is 31.0 Å². The highest BCUT2D eigenvalue weighted by molar-refractivity contribution is 6.33. The summed E-state index contributed by atoms with van der Waals surface area (Å²) in [5.41, 5.74) is 5.96. The number of methoxy groups -OCH3 is 1. The highest BCUT2D eigenvalue weighted by Gasteiger charge is 2.42. The van der Waals surface area contributed by atoms with Gasteiger partial charge >= 0.3 is 5.97 Å². The van der Waals surface area contributed by atoms with Gasteiger partial charge in [0.1, 0.15) is 0 Å². The molecule has 20 heavy (non-hydrogen) atoms. The molecule has 0 saturated heterocycles. The monoisotopic (exact) mass is 296 g/mol. The number of hydrogen-bond acceptors (Lipinski definition) is 4. The van der Waals surface area contributed by atoms with Crippen LogP contribution in [0.4, 0.5) is 5.69 Å². The van der Waals surface area contributed by atoms with Crippen molar-refractivity contribution < 1.29 is 14.3 Å². The van der Waals surface area contributed by atoms with Gasteiger partial charge in [-0.15, -0.1) is 0 Å². The molecule has 0 unspecified atom stereocenters. The third kappa shape index (κ3) is 2.64. The van der Waals surface area contributed by atoms with E-state index in [1.54, 1.807) is 12.1 Å². The molecule has 0 aliphatic heterocycles. The summed E-state index contributed by atoms with van der Waals surface area (Å²) in [6.45, 7) is 0.330. The Morgan fingerprint density at radius 2 is 2.15 bits per heavy atom. The first kappa shape index (κ1) is 14.8. The van der Waals surface area contributed by atoms with Gasteiger partial charge in [0.05, 0.1) is 23.1 Å². The van der Waals surface area contributed by atoms with Crippen molar-refractivity contribution in [3.8, 4) is 0 Å². The molecule has 1 aromatic carbocycles. The Hall–Kier alpha value is -1.59. The molecule has 2 rings (SSSR count). The lowest BCUT2D eigenvalue weighted by atomic mass is 9.68. The summed E-state index contributed by atoms with van der Waals surface area (Å²) >= 11 is 5.93. The normalized spacial score (nSPS) is 16.1. The molecule has 3 N–H and O–H groups in total. The smallest absolute Gasteiger partial charge is 0.339 e. The van der Waals surface area contributed by atoms with E-state index in [9.17, 15) is 9.59 Å². The van der Waals surface area contributed by atoms with Crippen LogP contribution < -0.4 is 11.1 Å². The quantitative estimate of drug-likeness (QED) is 0.835. The van der Waals surface area contributed by atoms with Crippen LogP contribution in [-0.4, -0.2) is 25.5 Å². The Kier molecular flexibility index (Phi) is 4.30. The van der Waals surface area contributed by atoms with E-state index in [4.69, 9.17) is 17.3 Å². The number of carbonyl (C=O) groups excluding carboxylic acids is 2. The molecule has 1 amide bonds. The minimum Gasteiger partial charge on any atom is -0.465 e. The second-order valence-electron chi connectivity index (χ2n) is 4.98. The number of carbonyl (C=O) groups is 2. The van der Waals surface area contributed by atoms with Gasteiger partial charge in [0.2, 0.25) is 5.91 Å². The standard InChI is InChI=1S/C14H17ClN2O3/c1-20-12(18)10-7-9(3-4-11(10)15)17-13(19)14(8-16)5-2-6-14/h3-4,7H,2,5-6,8,16H2,1H3,(H,17,19). The predicted molar refractivity (Wildman–Crippen MR) is 76.8 cm³/mol. The summed E-state index contributed by atoms with van der Waals surface area (Å²) in [6.07, 6.45) is 2.61. The molecule has 1 fully saturated rings. The van der Waals surface area contributed by atoms with Crippen LogP contribution in [0.1, 0.15) is 29.6 Å². The molecule has 0 radical (unpaired) electrons. The van der Waals surface area contributed by atoms with Gasteiger partial charge in [-0.1, -0.05) is 18.0 Å². The number of rotatable bonds is 4. The highest BCUT2D eigenvalue weighted by Crippen LogP contribution is 2.40. The van der Waals surface area contributed by atoms with Crippen LogP contribution in [0.15, 0.2) is 18.2 Å². The Morgan fingerprint density at radius 3 is 2.65 bits per heavy atom. The average molecular weight is 297 g/mol. The first-order valence-corrected chi connectivity index (χ1v) is 6.79. The minimum atomic E-state index is -0.539. The van der Waals surface area contributed by atoms with Gasteiger partial charge < -0.3 is 15.8 Å². The van der Waals surface area contributed by atoms with Crippen LogP contribution in [0.3, 0.4) is 0 Å². The predicted octanol–water partition coefficient (Wildman–Crippen LogP) is 2.19. The van der Waals surface area contributed by atoms with Gasteiger partial charge in [0, 0.05) is 12.2 Å². The Balaban J connectivity index is 2.18. The molecular weight excluding hydrogens is 280 g/mol. The van der Waals surface area contributed by atoms with Gasteiger partial charge in [-0.2, -0.15) is 0 Å². The first-order chi connectivity index (χ1) is 9.52. The van der Waals surface area contributed by atoms with Crippen molar-refractivity contribution in [2.75, 3.05) is 19.0 Å². The van der Waals surface area contributed by atoms with Crippen molar-refractivity contribution in [2.45, 2.75) is 19.3 Å². The fourth-order valence-corrected chi connectivity index (χ4v) is 2.46. The van der Waals surface area contributed by atoms with E-state index >= 15 is 0 Å². The minimum absolute atomic E-state index is 0.107. The van der Waals surface area contributed by atoms with Crippen LogP contribution in [0.25, 0.3) is 0 Å². The van der Waals surface area contributed by atoms with Crippen molar-refractivity contribution in [1.82, 2.24) is 0 Å². The van der Waals surface area contributed by atoms with Crippen molar-refractivity contribution in [3.05, 3.63) is 28.8 Å². The molecule has 0 spiro atoms. The fourth-order valence-electron chi connectivity index (χ4n) is 2.26. The SMILES string of the molecule is COC(=O)c1cc(NC(=O)C2(CN)CCC2)ccc1Cl. The van der Waals surface area contributed by atoms with E-state index in [2.05, 4.69) is 10.1 Å². The van der Waals surface area contributed by atoms with E-state index in [-0.39, 0.29) is 16.5 Å². The van der Waals surface area contributed by atoms with Crippen LogP contribution in [-0.2, 0) is 9.53 Å². The number of esters is 1. The summed E-state index contributed by atoms with van der Waals surface area (Å²) in [5, 5.41) is 3.08. The van der Waals surface area contributed by atoms with Crippen molar-refractivity contribution in [3.63, 3.8) is 0 Å². The average Bonchev–Trinajstić information content (AvgIpc) is 2.39. The van der Waals surface area contributed by atoms with Crippen LogP contribution in [0, 0.1) is 5.41 Å². The number of ether oxygens (including phenoxy) is 1. The number of nitrogens with two attached hydrogens (primary N) is 1. The van der Waals surface area contributed by atoms with E-state index in [1.807, 2.05) is 0 Å². The topological polar surface area (TPSA) is 81.4 Å². The zero-order chi connectivity index (χ0) is 14.8. The van der Waals surface area contributed by atoms with Gasteiger partial charge in [0.25, 0.3) is 0 Å². The van der Waals surface area contributed by atoms with Crippen molar-refractivity contribution in [2.24, 2.45) is 11.1 Å². The second-order valence-corrected chi connectivity index (χ2v) is 5.39.